The summed E-state index contributed by atoms with van der Waals surface area (Å²) in [6.45, 7) is 2.88. The first-order chi connectivity index (χ1) is 9.95. The van der Waals surface area contributed by atoms with Crippen LogP contribution in [0.1, 0.15) is 24.6 Å². The highest BCUT2D eigenvalue weighted by Gasteiger charge is 2.30. The van der Waals surface area contributed by atoms with Crippen LogP contribution in [0.5, 0.6) is 0 Å². The number of hydrogen-bond acceptors (Lipinski definition) is 1. The van der Waals surface area contributed by atoms with Gasteiger partial charge in [-0.3, -0.25) is 4.68 Å². The number of benzene rings is 1. The van der Waals surface area contributed by atoms with Gasteiger partial charge in [0.25, 0.3) is 0 Å². The molecule has 0 bridgehead atoms. The highest BCUT2D eigenvalue weighted by atomic mass is 79.9. The summed E-state index contributed by atoms with van der Waals surface area (Å²) in [7, 11) is 0. The van der Waals surface area contributed by atoms with Crippen LogP contribution in [0.4, 0.5) is 13.2 Å². The van der Waals surface area contributed by atoms with E-state index in [1.807, 2.05) is 10.7 Å². The molecular formula is C15H16BrF3N2. The van der Waals surface area contributed by atoms with Crippen molar-refractivity contribution in [2.24, 2.45) is 0 Å². The van der Waals surface area contributed by atoms with Crippen LogP contribution in [0, 0.1) is 0 Å². The van der Waals surface area contributed by atoms with Crippen molar-refractivity contribution in [3.8, 4) is 11.3 Å². The van der Waals surface area contributed by atoms with Crippen molar-refractivity contribution < 1.29 is 13.2 Å². The van der Waals surface area contributed by atoms with Gasteiger partial charge < -0.3 is 0 Å². The van der Waals surface area contributed by atoms with Crippen LogP contribution >= 0.6 is 15.9 Å². The van der Waals surface area contributed by atoms with Gasteiger partial charge in [0.15, 0.2) is 0 Å². The van der Waals surface area contributed by atoms with Crippen molar-refractivity contribution in [1.29, 1.82) is 0 Å². The Bertz CT molecular complexity index is 564. The Morgan fingerprint density at radius 2 is 1.86 bits per heavy atom. The normalized spacial score (nSPS) is 11.9. The number of rotatable bonds is 5. The van der Waals surface area contributed by atoms with Gasteiger partial charge in [0.05, 0.1) is 11.3 Å². The lowest BCUT2D eigenvalue weighted by atomic mass is 10.1. The lowest BCUT2D eigenvalue weighted by Crippen LogP contribution is -2.05. The third-order valence-corrected chi connectivity index (χ3v) is 3.55. The minimum Gasteiger partial charge on any atom is -0.269 e. The molecule has 0 unspecified atom stereocenters. The van der Waals surface area contributed by atoms with Crippen molar-refractivity contribution in [2.45, 2.75) is 32.5 Å². The van der Waals surface area contributed by atoms with Crippen molar-refractivity contribution in [3.63, 3.8) is 0 Å². The largest absolute Gasteiger partial charge is 0.416 e. The quantitative estimate of drug-likeness (QED) is 0.692. The maximum atomic E-state index is 12.6. The molecule has 2 aromatic rings. The van der Waals surface area contributed by atoms with Gasteiger partial charge in [-0.15, -0.1) is 0 Å². The Hall–Kier alpha value is -1.30. The molecule has 0 saturated heterocycles. The van der Waals surface area contributed by atoms with Gasteiger partial charge in [-0.2, -0.15) is 18.3 Å². The van der Waals surface area contributed by atoms with Gasteiger partial charge in [0, 0.05) is 23.1 Å². The Labute approximate surface area is 130 Å². The smallest absolute Gasteiger partial charge is 0.269 e. The summed E-state index contributed by atoms with van der Waals surface area (Å²) in [6.07, 6.45) is -2.50. The molecule has 0 saturated carbocycles. The summed E-state index contributed by atoms with van der Waals surface area (Å²) >= 11 is 3.40. The zero-order valence-electron chi connectivity index (χ0n) is 11.6. The standard InChI is InChI=1S/C15H16BrF3N2/c1-2-9-21-13(7-8-16)10-14(20-21)11-3-5-12(6-4-11)15(17,18)19/h3-6,10H,2,7-9H2,1H3. The van der Waals surface area contributed by atoms with E-state index in [4.69, 9.17) is 0 Å². The molecule has 1 aromatic carbocycles. The molecule has 0 radical (unpaired) electrons. The summed E-state index contributed by atoms with van der Waals surface area (Å²) in [6, 6.07) is 7.08. The molecule has 1 heterocycles. The molecule has 0 fully saturated rings. The number of aryl methyl sites for hydroxylation is 2. The van der Waals surface area contributed by atoms with E-state index in [-0.39, 0.29) is 0 Å². The predicted molar refractivity (Wildman–Crippen MR) is 80.5 cm³/mol. The second-order valence-corrected chi connectivity index (χ2v) is 5.55. The Balaban J connectivity index is 2.31. The summed E-state index contributed by atoms with van der Waals surface area (Å²) < 4.78 is 39.6. The van der Waals surface area contributed by atoms with E-state index in [0.29, 0.717) is 11.3 Å². The monoisotopic (exact) mass is 360 g/mol. The van der Waals surface area contributed by atoms with Crippen LogP contribution in [0.25, 0.3) is 11.3 Å². The Morgan fingerprint density at radius 1 is 1.19 bits per heavy atom. The van der Waals surface area contributed by atoms with Crippen molar-refractivity contribution in [3.05, 3.63) is 41.6 Å². The van der Waals surface area contributed by atoms with Crippen molar-refractivity contribution in [2.75, 3.05) is 5.33 Å². The SMILES string of the molecule is CCCn1nc(-c2ccc(C(F)(F)F)cc2)cc1CCBr. The third-order valence-electron chi connectivity index (χ3n) is 3.16. The van der Waals surface area contributed by atoms with E-state index < -0.39 is 11.7 Å². The molecular weight excluding hydrogens is 345 g/mol. The van der Waals surface area contributed by atoms with Crippen LogP contribution in [0.15, 0.2) is 30.3 Å². The molecule has 21 heavy (non-hydrogen) atoms. The number of aromatic nitrogens is 2. The zero-order valence-corrected chi connectivity index (χ0v) is 13.2. The van der Waals surface area contributed by atoms with Crippen molar-refractivity contribution in [1.82, 2.24) is 9.78 Å². The van der Waals surface area contributed by atoms with E-state index in [1.165, 1.54) is 12.1 Å². The van der Waals surface area contributed by atoms with Crippen LogP contribution in [-0.2, 0) is 19.1 Å². The lowest BCUT2D eigenvalue weighted by Gasteiger charge is -2.06. The first-order valence-corrected chi connectivity index (χ1v) is 7.88. The van der Waals surface area contributed by atoms with Gasteiger partial charge in [-0.05, 0) is 31.0 Å². The van der Waals surface area contributed by atoms with Gasteiger partial charge in [0.1, 0.15) is 0 Å². The summed E-state index contributed by atoms with van der Waals surface area (Å²) in [5.41, 5.74) is 1.87. The Kier molecular flexibility index (Phi) is 5.08. The molecule has 1 aromatic heterocycles. The Morgan fingerprint density at radius 3 is 2.38 bits per heavy atom. The van der Waals surface area contributed by atoms with E-state index in [9.17, 15) is 13.2 Å². The van der Waals surface area contributed by atoms with Crippen LogP contribution in [0.3, 0.4) is 0 Å². The molecule has 114 valence electrons. The molecule has 0 aliphatic carbocycles. The minimum atomic E-state index is -4.30. The topological polar surface area (TPSA) is 17.8 Å². The van der Waals surface area contributed by atoms with Crippen LogP contribution < -0.4 is 0 Å². The lowest BCUT2D eigenvalue weighted by molar-refractivity contribution is -0.137. The fraction of sp³-hybridized carbons (Fsp3) is 0.400. The number of alkyl halides is 4. The maximum Gasteiger partial charge on any atom is 0.416 e. The molecule has 0 aliphatic heterocycles. The first kappa shape index (κ1) is 16.1. The first-order valence-electron chi connectivity index (χ1n) is 6.76. The molecule has 0 aliphatic rings. The second-order valence-electron chi connectivity index (χ2n) is 4.76. The van der Waals surface area contributed by atoms with E-state index in [2.05, 4.69) is 28.0 Å². The van der Waals surface area contributed by atoms with Crippen molar-refractivity contribution >= 4 is 15.9 Å². The zero-order chi connectivity index (χ0) is 15.5. The summed E-state index contributed by atoms with van der Waals surface area (Å²) in [5.74, 6) is 0. The number of halogens is 4. The summed E-state index contributed by atoms with van der Waals surface area (Å²) in [4.78, 5) is 0. The molecule has 2 rings (SSSR count). The molecule has 0 amide bonds. The third kappa shape index (κ3) is 3.87. The minimum absolute atomic E-state index is 0.639. The fourth-order valence-corrected chi connectivity index (χ4v) is 2.54. The van der Waals surface area contributed by atoms with E-state index in [1.54, 1.807) is 0 Å². The van der Waals surface area contributed by atoms with E-state index in [0.717, 1.165) is 42.5 Å². The van der Waals surface area contributed by atoms with Gasteiger partial charge in [-0.25, -0.2) is 0 Å². The maximum absolute atomic E-state index is 12.6. The summed E-state index contributed by atoms with van der Waals surface area (Å²) in [5, 5.41) is 5.32. The molecule has 0 N–H and O–H groups in total. The van der Waals surface area contributed by atoms with E-state index >= 15 is 0 Å². The highest BCUT2D eigenvalue weighted by molar-refractivity contribution is 9.09. The predicted octanol–water partition coefficient (Wildman–Crippen LogP) is 4.92. The van der Waals surface area contributed by atoms with Gasteiger partial charge in [0.2, 0.25) is 0 Å². The van der Waals surface area contributed by atoms with Gasteiger partial charge in [-0.1, -0.05) is 35.0 Å². The molecule has 6 heteroatoms. The number of hydrogen-bond donors (Lipinski definition) is 0. The average molecular weight is 361 g/mol. The van der Waals surface area contributed by atoms with Crippen LogP contribution in [-0.4, -0.2) is 15.1 Å². The molecule has 0 spiro atoms. The molecule has 0 atom stereocenters. The second kappa shape index (κ2) is 6.64. The number of nitrogens with zero attached hydrogens (tertiary/aromatic N) is 2. The molecule has 2 nitrogen and oxygen atoms in total. The fourth-order valence-electron chi connectivity index (χ4n) is 2.13. The average Bonchev–Trinajstić information content (AvgIpc) is 2.82. The van der Waals surface area contributed by atoms with Crippen LogP contribution in [0.2, 0.25) is 0 Å². The van der Waals surface area contributed by atoms with Gasteiger partial charge >= 0.3 is 6.18 Å². The highest BCUT2D eigenvalue weighted by Crippen LogP contribution is 2.30.